The van der Waals surface area contributed by atoms with Crippen molar-refractivity contribution in [3.8, 4) is 0 Å². The van der Waals surface area contributed by atoms with Crippen molar-refractivity contribution in [2.24, 2.45) is 0 Å². The van der Waals surface area contributed by atoms with Gasteiger partial charge in [-0.25, -0.2) is 0 Å². The lowest BCUT2D eigenvalue weighted by Crippen LogP contribution is -2.21. The van der Waals surface area contributed by atoms with Crippen LogP contribution in [0.1, 0.15) is 25.7 Å². The zero-order chi connectivity index (χ0) is 10.6. The van der Waals surface area contributed by atoms with Gasteiger partial charge in [0, 0.05) is 27.4 Å². The molecule has 0 aliphatic carbocycles. The minimum atomic E-state index is 0.886. The van der Waals surface area contributed by atoms with Crippen molar-refractivity contribution in [3.63, 3.8) is 0 Å². The highest BCUT2D eigenvalue weighted by Crippen LogP contribution is 1.97. The van der Waals surface area contributed by atoms with Crippen molar-refractivity contribution in [2.45, 2.75) is 25.7 Å². The fourth-order valence-corrected chi connectivity index (χ4v) is 1.37. The highest BCUT2D eigenvalue weighted by atomic mass is 16.5. The fraction of sp³-hybridized carbons (Fsp3) is 1.00. The Morgan fingerprint density at radius 2 is 1.21 bits per heavy atom. The Hall–Kier alpha value is -0.120. The van der Waals surface area contributed by atoms with E-state index in [-0.39, 0.29) is 0 Å². The minimum Gasteiger partial charge on any atom is -0.385 e. The summed E-state index contributed by atoms with van der Waals surface area (Å²) in [7, 11) is 5.70. The molecule has 0 unspecified atom stereocenters. The number of methoxy groups -OCH3 is 2. The van der Waals surface area contributed by atoms with Crippen LogP contribution in [0, 0.1) is 0 Å². The minimum absolute atomic E-state index is 0.886. The first-order valence-corrected chi connectivity index (χ1v) is 5.47. The highest BCUT2D eigenvalue weighted by molar-refractivity contribution is 4.52. The van der Waals surface area contributed by atoms with Gasteiger partial charge in [0.15, 0.2) is 0 Å². The van der Waals surface area contributed by atoms with Crippen molar-refractivity contribution in [3.05, 3.63) is 0 Å². The Labute approximate surface area is 88.4 Å². The number of hydrogen-bond acceptors (Lipinski definition) is 3. The predicted octanol–water partition coefficient (Wildman–Crippen LogP) is 1.77. The van der Waals surface area contributed by atoms with E-state index in [0.29, 0.717) is 0 Å². The monoisotopic (exact) mass is 203 g/mol. The third-order valence-corrected chi connectivity index (χ3v) is 2.28. The molecule has 14 heavy (non-hydrogen) atoms. The Bertz CT molecular complexity index is 97.5. The normalized spacial score (nSPS) is 11.1. The molecule has 0 aromatic heterocycles. The van der Waals surface area contributed by atoms with Crippen molar-refractivity contribution in [1.82, 2.24) is 4.90 Å². The predicted molar refractivity (Wildman–Crippen MR) is 59.7 cm³/mol. The fourth-order valence-electron chi connectivity index (χ4n) is 1.37. The van der Waals surface area contributed by atoms with Gasteiger partial charge in [0.05, 0.1) is 0 Å². The summed E-state index contributed by atoms with van der Waals surface area (Å²) in [4.78, 5) is 2.38. The van der Waals surface area contributed by atoms with Crippen molar-refractivity contribution >= 4 is 0 Å². The molecule has 0 radical (unpaired) electrons. The maximum Gasteiger partial charge on any atom is 0.0462 e. The quantitative estimate of drug-likeness (QED) is 0.505. The van der Waals surface area contributed by atoms with Crippen LogP contribution in [0.5, 0.6) is 0 Å². The standard InChI is InChI=1S/C11H25NO2/c1-12(8-4-6-10-13-2)9-5-7-11-14-3/h4-11H2,1-3H3. The highest BCUT2D eigenvalue weighted by Gasteiger charge is 1.97. The first-order valence-electron chi connectivity index (χ1n) is 5.47. The smallest absolute Gasteiger partial charge is 0.0462 e. The summed E-state index contributed by atoms with van der Waals surface area (Å²) in [6, 6.07) is 0. The van der Waals surface area contributed by atoms with Gasteiger partial charge in [-0.05, 0) is 45.8 Å². The van der Waals surface area contributed by atoms with Gasteiger partial charge >= 0.3 is 0 Å². The van der Waals surface area contributed by atoms with E-state index in [2.05, 4.69) is 11.9 Å². The second-order valence-corrected chi connectivity index (χ2v) is 3.70. The third kappa shape index (κ3) is 9.96. The molecule has 0 spiro atoms. The van der Waals surface area contributed by atoms with Crippen LogP contribution in [0.25, 0.3) is 0 Å². The molecular weight excluding hydrogens is 178 g/mol. The van der Waals surface area contributed by atoms with E-state index < -0.39 is 0 Å². The molecule has 86 valence electrons. The Morgan fingerprint density at radius 3 is 1.57 bits per heavy atom. The van der Waals surface area contributed by atoms with Gasteiger partial charge in [-0.2, -0.15) is 0 Å². The van der Waals surface area contributed by atoms with Crippen LogP contribution in [-0.2, 0) is 9.47 Å². The van der Waals surface area contributed by atoms with E-state index in [0.717, 1.165) is 13.2 Å². The molecule has 0 aromatic rings. The van der Waals surface area contributed by atoms with Crippen LogP contribution in [0.2, 0.25) is 0 Å². The number of rotatable bonds is 10. The molecule has 0 saturated carbocycles. The summed E-state index contributed by atoms with van der Waals surface area (Å²) >= 11 is 0. The van der Waals surface area contributed by atoms with Crippen LogP contribution < -0.4 is 0 Å². The third-order valence-electron chi connectivity index (χ3n) is 2.28. The lowest BCUT2D eigenvalue weighted by atomic mass is 10.2. The first-order chi connectivity index (χ1) is 6.81. The summed E-state index contributed by atoms with van der Waals surface area (Å²) in [6.45, 7) is 4.13. The van der Waals surface area contributed by atoms with E-state index in [9.17, 15) is 0 Å². The molecule has 0 rings (SSSR count). The maximum absolute atomic E-state index is 5.00. The van der Waals surface area contributed by atoms with E-state index in [4.69, 9.17) is 9.47 Å². The molecule has 0 heterocycles. The van der Waals surface area contributed by atoms with Crippen molar-refractivity contribution < 1.29 is 9.47 Å². The summed E-state index contributed by atoms with van der Waals surface area (Å²) in [6.07, 6.45) is 4.79. The second-order valence-electron chi connectivity index (χ2n) is 3.70. The SMILES string of the molecule is COCCCCN(C)CCCCOC. The number of unbranched alkanes of at least 4 members (excludes halogenated alkanes) is 2. The van der Waals surface area contributed by atoms with Crippen molar-refractivity contribution in [1.29, 1.82) is 0 Å². The topological polar surface area (TPSA) is 21.7 Å². The Balaban J connectivity index is 3.07. The Kier molecular flexibility index (Phi) is 10.9. The van der Waals surface area contributed by atoms with Crippen LogP contribution in [0.3, 0.4) is 0 Å². The van der Waals surface area contributed by atoms with Crippen LogP contribution in [0.4, 0.5) is 0 Å². The summed E-state index contributed by atoms with van der Waals surface area (Å²) in [5, 5.41) is 0. The number of nitrogens with zero attached hydrogens (tertiary/aromatic N) is 1. The number of ether oxygens (including phenoxy) is 2. The molecule has 0 aliphatic rings. The molecule has 0 amide bonds. The molecule has 0 atom stereocenters. The van der Waals surface area contributed by atoms with E-state index in [1.807, 2.05) is 0 Å². The van der Waals surface area contributed by atoms with Gasteiger partial charge < -0.3 is 14.4 Å². The van der Waals surface area contributed by atoms with Crippen LogP contribution >= 0.6 is 0 Å². The molecule has 3 nitrogen and oxygen atoms in total. The summed E-state index contributed by atoms with van der Waals surface area (Å²) in [5.74, 6) is 0. The zero-order valence-electron chi connectivity index (χ0n) is 9.92. The maximum atomic E-state index is 5.00. The summed E-state index contributed by atoms with van der Waals surface area (Å²) < 4.78 is 10.0. The van der Waals surface area contributed by atoms with E-state index in [1.165, 1.54) is 38.8 Å². The summed E-state index contributed by atoms with van der Waals surface area (Å²) in [5.41, 5.74) is 0. The average Bonchev–Trinajstić information content (AvgIpc) is 2.19. The van der Waals surface area contributed by atoms with Gasteiger partial charge in [0.1, 0.15) is 0 Å². The number of hydrogen-bond donors (Lipinski definition) is 0. The van der Waals surface area contributed by atoms with Gasteiger partial charge in [-0.15, -0.1) is 0 Å². The molecule has 3 heteroatoms. The molecule has 0 aromatic carbocycles. The van der Waals surface area contributed by atoms with Crippen LogP contribution in [-0.4, -0.2) is 52.5 Å². The molecule has 0 aliphatic heterocycles. The molecule has 0 bridgehead atoms. The molecule has 0 N–H and O–H groups in total. The zero-order valence-corrected chi connectivity index (χ0v) is 9.92. The largest absolute Gasteiger partial charge is 0.385 e. The van der Waals surface area contributed by atoms with Gasteiger partial charge in [-0.1, -0.05) is 0 Å². The lowest BCUT2D eigenvalue weighted by Gasteiger charge is -2.15. The second kappa shape index (κ2) is 11.0. The lowest BCUT2D eigenvalue weighted by molar-refractivity contribution is 0.180. The van der Waals surface area contributed by atoms with E-state index in [1.54, 1.807) is 14.2 Å². The van der Waals surface area contributed by atoms with E-state index >= 15 is 0 Å². The van der Waals surface area contributed by atoms with Crippen LogP contribution in [0.15, 0.2) is 0 Å². The Morgan fingerprint density at radius 1 is 0.786 bits per heavy atom. The molecule has 0 saturated heterocycles. The first kappa shape index (κ1) is 13.9. The van der Waals surface area contributed by atoms with Gasteiger partial charge in [0.25, 0.3) is 0 Å². The molecule has 0 fully saturated rings. The van der Waals surface area contributed by atoms with Gasteiger partial charge in [-0.3, -0.25) is 0 Å². The average molecular weight is 203 g/mol. The van der Waals surface area contributed by atoms with Gasteiger partial charge in [0.2, 0.25) is 0 Å². The molecular formula is C11H25NO2. The van der Waals surface area contributed by atoms with Crippen molar-refractivity contribution in [2.75, 3.05) is 47.6 Å².